The lowest BCUT2D eigenvalue weighted by Gasteiger charge is -2.31. The summed E-state index contributed by atoms with van der Waals surface area (Å²) >= 11 is 0. The number of Topliss-reactive ketones (excluding diaryl/α,β-unsaturated/α-hetero) is 2. The van der Waals surface area contributed by atoms with Crippen LogP contribution in [-0.2, 0) is 4.79 Å². The number of nitrogens with zero attached hydrogens (tertiary/aromatic N) is 2. The first-order valence-corrected chi connectivity index (χ1v) is 20.2. The van der Waals surface area contributed by atoms with Gasteiger partial charge in [0.15, 0.2) is 5.78 Å². The first-order chi connectivity index (χ1) is 26.3. The number of H-pyrrole nitrogens is 1. The van der Waals surface area contributed by atoms with Crippen LogP contribution in [0.1, 0.15) is 136 Å². The van der Waals surface area contributed by atoms with E-state index < -0.39 is 29.0 Å². The molecule has 3 atom stereocenters. The molecule has 7 heteroatoms. The molecule has 3 N–H and O–H groups in total. The van der Waals surface area contributed by atoms with Crippen LogP contribution in [0.2, 0.25) is 0 Å². The molecule has 3 aromatic carbocycles. The largest absolute Gasteiger partial charge is 0.507 e. The van der Waals surface area contributed by atoms with Crippen LogP contribution in [0.15, 0.2) is 48.5 Å². The standard InChI is InChI=1S/C48H61N3O4/c1-10-14-19-35(12-3)28-51(29-36(13-4)20-15-11-2)41-26-38(45(50-41)42-31(6)23-30(5)24-32(42)7)25-39-33(8)40(27-49)48(55)44(47(39)54)43(34(9)52)46(53)37-21-17-16-18-22-37/h16-18,21-26,35-36,43,50,54-55H,8,10-15,19-20,28-29H2,1-7,9H3/b39-25-. The number of nitrogens with one attached hydrogen (secondary N) is 1. The zero-order valence-corrected chi connectivity index (χ0v) is 34.3. The van der Waals surface area contributed by atoms with Crippen LogP contribution in [0.4, 0.5) is 5.82 Å². The van der Waals surface area contributed by atoms with Gasteiger partial charge in [-0.25, -0.2) is 0 Å². The van der Waals surface area contributed by atoms with E-state index in [1.807, 2.05) is 6.07 Å². The average molecular weight is 744 g/mol. The maximum absolute atomic E-state index is 13.9. The third kappa shape index (κ3) is 9.78. The van der Waals surface area contributed by atoms with Gasteiger partial charge >= 0.3 is 0 Å². The summed E-state index contributed by atoms with van der Waals surface area (Å²) in [4.78, 5) is 33.4. The summed E-state index contributed by atoms with van der Waals surface area (Å²) in [6, 6.07) is 16.8. The number of carbonyl (C=O) groups is 2. The summed E-state index contributed by atoms with van der Waals surface area (Å²) in [5.74, 6) is -1.76. The number of anilines is 1. The molecule has 0 saturated heterocycles. The third-order valence-corrected chi connectivity index (χ3v) is 11.2. The summed E-state index contributed by atoms with van der Waals surface area (Å²) in [7, 11) is 0. The Morgan fingerprint density at radius 1 is 0.891 bits per heavy atom. The number of phenolic OH excluding ortho intramolecular Hbond substituents is 2. The van der Waals surface area contributed by atoms with E-state index >= 15 is 0 Å². The fourth-order valence-electron chi connectivity index (χ4n) is 8.06. The molecule has 0 amide bonds. The van der Waals surface area contributed by atoms with Crippen LogP contribution in [-0.4, -0.2) is 39.9 Å². The number of unbranched alkanes of at least 4 members (excludes halogenated alkanes) is 2. The van der Waals surface area contributed by atoms with Crippen molar-refractivity contribution in [1.29, 1.82) is 5.26 Å². The highest BCUT2D eigenvalue weighted by Crippen LogP contribution is 2.38. The number of aryl methyl sites for hydroxylation is 3. The zero-order valence-electron chi connectivity index (χ0n) is 34.3. The number of benzene rings is 3. The fraction of sp³-hybridized carbons (Fsp3) is 0.438. The van der Waals surface area contributed by atoms with E-state index in [-0.39, 0.29) is 27.1 Å². The number of rotatable bonds is 19. The van der Waals surface area contributed by atoms with Crippen LogP contribution < -0.4 is 15.3 Å². The van der Waals surface area contributed by atoms with Crippen LogP contribution in [0.3, 0.4) is 0 Å². The number of aromatic amines is 1. The highest BCUT2D eigenvalue weighted by Gasteiger charge is 2.34. The van der Waals surface area contributed by atoms with Crippen LogP contribution in [0.5, 0.6) is 11.5 Å². The van der Waals surface area contributed by atoms with Crippen LogP contribution in [0.25, 0.3) is 23.9 Å². The highest BCUT2D eigenvalue weighted by molar-refractivity contribution is 6.15. The SMILES string of the molecule is C=c1c(C#N)c(O)c(C(C(C)=O)C(=O)c2ccccc2)c(O)/c1=C\c1cc(N(CC(CC)CCCC)CC(CC)CCCC)[nH]c1-c1c(C)cc(C)cc1C. The zero-order chi connectivity index (χ0) is 40.4. The van der Waals surface area contributed by atoms with Gasteiger partial charge in [-0.3, -0.25) is 9.59 Å². The molecule has 4 aromatic rings. The van der Waals surface area contributed by atoms with E-state index in [1.165, 1.54) is 19.8 Å². The summed E-state index contributed by atoms with van der Waals surface area (Å²) in [5.41, 5.74) is 5.73. The smallest absolute Gasteiger partial charge is 0.178 e. The monoisotopic (exact) mass is 743 g/mol. The lowest BCUT2D eigenvalue weighted by atomic mass is 9.84. The van der Waals surface area contributed by atoms with E-state index in [0.717, 1.165) is 90.9 Å². The molecule has 0 aliphatic heterocycles. The van der Waals surface area contributed by atoms with E-state index in [9.17, 15) is 25.1 Å². The predicted molar refractivity (Wildman–Crippen MR) is 226 cm³/mol. The molecule has 4 rings (SSSR count). The van der Waals surface area contributed by atoms with Crippen molar-refractivity contribution in [2.45, 2.75) is 113 Å². The van der Waals surface area contributed by atoms with Crippen molar-refractivity contribution in [1.82, 2.24) is 4.98 Å². The molecule has 0 fully saturated rings. The van der Waals surface area contributed by atoms with Crippen molar-refractivity contribution in [3.8, 4) is 28.8 Å². The van der Waals surface area contributed by atoms with Gasteiger partial charge in [0.05, 0.1) is 11.3 Å². The topological polar surface area (TPSA) is 117 Å². The summed E-state index contributed by atoms with van der Waals surface area (Å²) in [6.45, 7) is 22.5. The molecule has 0 aliphatic rings. The summed E-state index contributed by atoms with van der Waals surface area (Å²) in [6.07, 6.45) is 10.9. The van der Waals surface area contributed by atoms with Gasteiger partial charge in [0.25, 0.3) is 0 Å². The third-order valence-electron chi connectivity index (χ3n) is 11.2. The van der Waals surface area contributed by atoms with Gasteiger partial charge in [0.1, 0.15) is 40.7 Å². The fourth-order valence-corrected chi connectivity index (χ4v) is 8.06. The van der Waals surface area contributed by atoms with Crippen molar-refractivity contribution in [3.63, 3.8) is 0 Å². The molecule has 7 nitrogen and oxygen atoms in total. The Kier molecular flexibility index (Phi) is 15.1. The maximum atomic E-state index is 13.9. The number of aromatic nitrogens is 1. The minimum Gasteiger partial charge on any atom is -0.507 e. The molecule has 0 saturated carbocycles. The van der Waals surface area contributed by atoms with Gasteiger partial charge in [0, 0.05) is 35.0 Å². The van der Waals surface area contributed by atoms with Gasteiger partial charge in [-0.1, -0.05) is 121 Å². The van der Waals surface area contributed by atoms with Gasteiger partial charge < -0.3 is 20.1 Å². The van der Waals surface area contributed by atoms with Crippen molar-refractivity contribution < 1.29 is 19.8 Å². The normalized spacial score (nSPS) is 13.3. The van der Waals surface area contributed by atoms with Crippen molar-refractivity contribution >= 4 is 30.0 Å². The molecular formula is C48H61N3O4. The second-order valence-electron chi connectivity index (χ2n) is 15.4. The summed E-state index contributed by atoms with van der Waals surface area (Å²) in [5, 5.41) is 34.1. The molecule has 1 aromatic heterocycles. The number of nitriles is 1. The molecule has 0 spiro atoms. The Morgan fingerprint density at radius 3 is 1.95 bits per heavy atom. The lowest BCUT2D eigenvalue weighted by Crippen LogP contribution is -2.34. The Hall–Kier alpha value is -5.09. The minimum atomic E-state index is -1.54. The number of hydrogen-bond donors (Lipinski definition) is 3. The van der Waals surface area contributed by atoms with Gasteiger partial charge in [-0.2, -0.15) is 5.26 Å². The molecule has 55 heavy (non-hydrogen) atoms. The first-order valence-electron chi connectivity index (χ1n) is 20.2. The Balaban J connectivity index is 2.07. The Morgan fingerprint density at radius 2 is 1.45 bits per heavy atom. The van der Waals surface area contributed by atoms with Gasteiger partial charge in [-0.15, -0.1) is 0 Å². The quantitative estimate of drug-likeness (QED) is 0.0650. The molecule has 3 unspecified atom stereocenters. The lowest BCUT2D eigenvalue weighted by molar-refractivity contribution is -0.117. The average Bonchev–Trinajstić information content (AvgIpc) is 3.57. The second kappa shape index (κ2) is 19.5. The first kappa shape index (κ1) is 42.6. The van der Waals surface area contributed by atoms with E-state index in [4.69, 9.17) is 0 Å². The number of aromatic hydroxyl groups is 2. The van der Waals surface area contributed by atoms with Crippen molar-refractivity contribution in [2.24, 2.45) is 11.8 Å². The van der Waals surface area contributed by atoms with E-state index in [0.29, 0.717) is 11.8 Å². The number of ketones is 2. The van der Waals surface area contributed by atoms with Crippen molar-refractivity contribution in [2.75, 3.05) is 18.0 Å². The Labute approximate surface area is 328 Å². The second-order valence-corrected chi connectivity index (χ2v) is 15.4. The summed E-state index contributed by atoms with van der Waals surface area (Å²) < 4.78 is 0. The van der Waals surface area contributed by atoms with Crippen molar-refractivity contribution in [3.05, 3.63) is 97.9 Å². The molecular weight excluding hydrogens is 683 g/mol. The van der Waals surface area contributed by atoms with Crippen LogP contribution in [0, 0.1) is 43.9 Å². The molecule has 0 aliphatic carbocycles. The van der Waals surface area contributed by atoms with E-state index in [2.05, 4.69) is 83.1 Å². The van der Waals surface area contributed by atoms with Crippen LogP contribution >= 0.6 is 0 Å². The minimum absolute atomic E-state index is 0.106. The molecule has 0 radical (unpaired) electrons. The Bertz CT molecular complexity index is 2080. The molecule has 292 valence electrons. The molecule has 1 heterocycles. The molecule has 0 bridgehead atoms. The predicted octanol–water partition coefficient (Wildman–Crippen LogP) is 9.92. The van der Waals surface area contributed by atoms with Gasteiger partial charge in [-0.05, 0) is 80.9 Å². The maximum Gasteiger partial charge on any atom is 0.178 e. The number of phenols is 2. The number of hydrogen-bond acceptors (Lipinski definition) is 6. The van der Waals surface area contributed by atoms with Gasteiger partial charge in [0.2, 0.25) is 0 Å². The number of carbonyl (C=O) groups excluding carboxylic acids is 2. The highest BCUT2D eigenvalue weighted by atomic mass is 16.3. The van der Waals surface area contributed by atoms with E-state index in [1.54, 1.807) is 36.4 Å².